The monoisotopic (exact) mass is 216 g/mol. The maximum absolute atomic E-state index is 5.87. The molecule has 0 amide bonds. The summed E-state index contributed by atoms with van der Waals surface area (Å²) in [7, 11) is 0. The van der Waals surface area contributed by atoms with Crippen molar-refractivity contribution in [2.24, 2.45) is 0 Å². The highest BCUT2D eigenvalue weighted by Gasteiger charge is 1.89. The van der Waals surface area contributed by atoms with E-state index in [4.69, 9.17) is 11.6 Å². The number of hydrogen-bond donors (Lipinski definition) is 0. The molecule has 0 unspecified atom stereocenters. The fourth-order valence-electron chi connectivity index (χ4n) is 1.19. The van der Waals surface area contributed by atoms with Crippen molar-refractivity contribution in [3.05, 3.63) is 59.1 Å². The second-order valence-electron chi connectivity index (χ2n) is 3.02. The number of benzene rings is 1. The SMILES string of the molecule is Clc1cccc(/C=C/c2ccncn2)c1. The number of halogens is 1. The van der Waals surface area contributed by atoms with Gasteiger partial charge in [0.1, 0.15) is 6.33 Å². The normalized spacial score (nSPS) is 10.7. The van der Waals surface area contributed by atoms with Gasteiger partial charge in [-0.1, -0.05) is 29.8 Å². The van der Waals surface area contributed by atoms with Crippen molar-refractivity contribution in [2.75, 3.05) is 0 Å². The highest BCUT2D eigenvalue weighted by Crippen LogP contribution is 2.12. The minimum atomic E-state index is 0.736. The van der Waals surface area contributed by atoms with Crippen LogP contribution in [0.3, 0.4) is 0 Å². The van der Waals surface area contributed by atoms with Gasteiger partial charge < -0.3 is 0 Å². The Bertz CT molecular complexity index is 466. The first-order chi connectivity index (χ1) is 7.34. The molecule has 0 atom stereocenters. The second kappa shape index (κ2) is 4.71. The van der Waals surface area contributed by atoms with Gasteiger partial charge in [-0.15, -0.1) is 0 Å². The van der Waals surface area contributed by atoms with Gasteiger partial charge in [0.15, 0.2) is 0 Å². The molecule has 1 heterocycles. The Morgan fingerprint density at radius 1 is 1.13 bits per heavy atom. The lowest BCUT2D eigenvalue weighted by Gasteiger charge is -1.94. The zero-order chi connectivity index (χ0) is 10.5. The van der Waals surface area contributed by atoms with Crippen molar-refractivity contribution in [1.29, 1.82) is 0 Å². The second-order valence-corrected chi connectivity index (χ2v) is 3.46. The van der Waals surface area contributed by atoms with E-state index in [1.54, 1.807) is 6.20 Å². The lowest BCUT2D eigenvalue weighted by atomic mass is 10.2. The smallest absolute Gasteiger partial charge is 0.115 e. The molecule has 0 aliphatic heterocycles. The van der Waals surface area contributed by atoms with Crippen molar-refractivity contribution in [2.45, 2.75) is 0 Å². The van der Waals surface area contributed by atoms with Gasteiger partial charge in [0.25, 0.3) is 0 Å². The van der Waals surface area contributed by atoms with Crippen LogP contribution in [0.5, 0.6) is 0 Å². The molecule has 0 N–H and O–H groups in total. The molecule has 0 saturated carbocycles. The van der Waals surface area contributed by atoms with E-state index in [-0.39, 0.29) is 0 Å². The van der Waals surface area contributed by atoms with Gasteiger partial charge in [0.05, 0.1) is 5.69 Å². The molecular formula is C12H9ClN2. The van der Waals surface area contributed by atoms with E-state index in [1.165, 1.54) is 6.33 Å². The highest BCUT2D eigenvalue weighted by atomic mass is 35.5. The van der Waals surface area contributed by atoms with E-state index in [9.17, 15) is 0 Å². The molecule has 74 valence electrons. The molecule has 0 radical (unpaired) electrons. The summed E-state index contributed by atoms with van der Waals surface area (Å²) in [5.74, 6) is 0. The van der Waals surface area contributed by atoms with Gasteiger partial charge in [0.2, 0.25) is 0 Å². The Balaban J connectivity index is 2.19. The van der Waals surface area contributed by atoms with Crippen LogP contribution in [-0.4, -0.2) is 9.97 Å². The average Bonchev–Trinajstić information content (AvgIpc) is 2.28. The predicted molar refractivity (Wildman–Crippen MR) is 62.4 cm³/mol. The maximum Gasteiger partial charge on any atom is 0.115 e. The molecule has 2 nitrogen and oxygen atoms in total. The Labute approximate surface area is 93.3 Å². The minimum Gasteiger partial charge on any atom is -0.245 e. The lowest BCUT2D eigenvalue weighted by molar-refractivity contribution is 1.15. The zero-order valence-corrected chi connectivity index (χ0v) is 8.72. The van der Waals surface area contributed by atoms with Crippen LogP contribution in [0.1, 0.15) is 11.3 Å². The van der Waals surface area contributed by atoms with E-state index >= 15 is 0 Å². The van der Waals surface area contributed by atoms with E-state index < -0.39 is 0 Å². The van der Waals surface area contributed by atoms with Crippen LogP contribution in [0.25, 0.3) is 12.2 Å². The number of nitrogens with zero attached hydrogens (tertiary/aromatic N) is 2. The standard InChI is InChI=1S/C12H9ClN2/c13-11-3-1-2-10(8-11)4-5-12-6-7-14-9-15-12/h1-9H/b5-4+. The van der Waals surface area contributed by atoms with Gasteiger partial charge in [-0.05, 0) is 29.8 Å². The molecule has 0 fully saturated rings. The summed E-state index contributed by atoms with van der Waals surface area (Å²) < 4.78 is 0. The van der Waals surface area contributed by atoms with Gasteiger partial charge >= 0.3 is 0 Å². The molecule has 1 aromatic heterocycles. The fourth-order valence-corrected chi connectivity index (χ4v) is 1.39. The Morgan fingerprint density at radius 2 is 2.07 bits per heavy atom. The van der Waals surface area contributed by atoms with Crippen LogP contribution in [0.15, 0.2) is 42.9 Å². The zero-order valence-electron chi connectivity index (χ0n) is 7.97. The minimum absolute atomic E-state index is 0.736. The van der Waals surface area contributed by atoms with Crippen LogP contribution >= 0.6 is 11.6 Å². The predicted octanol–water partition coefficient (Wildman–Crippen LogP) is 3.30. The van der Waals surface area contributed by atoms with E-state index in [1.807, 2.05) is 42.5 Å². The van der Waals surface area contributed by atoms with Crippen LogP contribution in [-0.2, 0) is 0 Å². The number of rotatable bonds is 2. The molecule has 0 spiro atoms. The van der Waals surface area contributed by atoms with Crippen molar-refractivity contribution in [3.8, 4) is 0 Å². The summed E-state index contributed by atoms with van der Waals surface area (Å²) in [5.41, 5.74) is 1.94. The summed E-state index contributed by atoms with van der Waals surface area (Å²) in [6.45, 7) is 0. The largest absolute Gasteiger partial charge is 0.245 e. The van der Waals surface area contributed by atoms with Crippen LogP contribution in [0.2, 0.25) is 5.02 Å². The van der Waals surface area contributed by atoms with Gasteiger partial charge in [-0.3, -0.25) is 0 Å². The van der Waals surface area contributed by atoms with E-state index in [2.05, 4.69) is 9.97 Å². The first-order valence-corrected chi connectivity index (χ1v) is 4.92. The molecular weight excluding hydrogens is 208 g/mol. The number of aromatic nitrogens is 2. The van der Waals surface area contributed by atoms with E-state index in [0.717, 1.165) is 16.3 Å². The summed E-state index contributed by atoms with van der Waals surface area (Å²) in [5, 5.41) is 0.736. The van der Waals surface area contributed by atoms with Crippen molar-refractivity contribution in [1.82, 2.24) is 9.97 Å². The van der Waals surface area contributed by atoms with E-state index in [0.29, 0.717) is 0 Å². The van der Waals surface area contributed by atoms with Crippen LogP contribution in [0, 0.1) is 0 Å². The first-order valence-electron chi connectivity index (χ1n) is 4.54. The highest BCUT2D eigenvalue weighted by molar-refractivity contribution is 6.30. The Kier molecular flexibility index (Phi) is 3.10. The van der Waals surface area contributed by atoms with Crippen molar-refractivity contribution in [3.63, 3.8) is 0 Å². The molecule has 0 aliphatic rings. The molecule has 1 aromatic carbocycles. The fraction of sp³-hybridized carbons (Fsp3) is 0. The third-order valence-corrected chi connectivity index (χ3v) is 2.14. The summed E-state index contributed by atoms with van der Waals surface area (Å²) in [4.78, 5) is 7.93. The van der Waals surface area contributed by atoms with Crippen molar-refractivity contribution < 1.29 is 0 Å². The molecule has 0 aliphatic carbocycles. The molecule has 0 bridgehead atoms. The van der Waals surface area contributed by atoms with Crippen LogP contribution < -0.4 is 0 Å². The quantitative estimate of drug-likeness (QED) is 0.770. The van der Waals surface area contributed by atoms with Crippen LogP contribution in [0.4, 0.5) is 0 Å². The lowest BCUT2D eigenvalue weighted by Crippen LogP contribution is -1.79. The summed E-state index contributed by atoms with van der Waals surface area (Å²) in [6, 6.07) is 9.51. The first kappa shape index (κ1) is 9.87. The molecule has 3 heteroatoms. The third kappa shape index (κ3) is 2.89. The Morgan fingerprint density at radius 3 is 2.80 bits per heavy atom. The maximum atomic E-state index is 5.87. The number of hydrogen-bond acceptors (Lipinski definition) is 2. The topological polar surface area (TPSA) is 25.8 Å². The summed E-state index contributed by atoms with van der Waals surface area (Å²) in [6.07, 6.45) is 7.13. The van der Waals surface area contributed by atoms with Crippen molar-refractivity contribution >= 4 is 23.8 Å². The Hall–Kier alpha value is -1.67. The third-order valence-electron chi connectivity index (χ3n) is 1.90. The molecule has 15 heavy (non-hydrogen) atoms. The van der Waals surface area contributed by atoms with Gasteiger partial charge in [0, 0.05) is 11.2 Å². The average molecular weight is 217 g/mol. The molecule has 2 rings (SSSR count). The summed E-state index contributed by atoms with van der Waals surface area (Å²) >= 11 is 5.87. The van der Waals surface area contributed by atoms with Gasteiger partial charge in [-0.25, -0.2) is 9.97 Å². The van der Waals surface area contributed by atoms with Gasteiger partial charge in [-0.2, -0.15) is 0 Å². The molecule has 0 saturated heterocycles. The molecule has 2 aromatic rings.